The summed E-state index contributed by atoms with van der Waals surface area (Å²) in [5.74, 6) is -0.0854. The summed E-state index contributed by atoms with van der Waals surface area (Å²) in [6.07, 6.45) is 31.7. The summed E-state index contributed by atoms with van der Waals surface area (Å²) in [7, 11) is 0. The molecule has 1 rings (SSSR count). The zero-order chi connectivity index (χ0) is 27.8. The third-order valence-corrected chi connectivity index (χ3v) is 8.65. The van der Waals surface area contributed by atoms with Crippen LogP contribution >= 0.6 is 0 Å². The quantitative estimate of drug-likeness (QED) is 0.121. The molecule has 0 heterocycles. The lowest BCUT2D eigenvalue weighted by atomic mass is 9.83. The van der Waals surface area contributed by atoms with Crippen molar-refractivity contribution in [3.8, 4) is 0 Å². The van der Waals surface area contributed by atoms with Crippen LogP contribution in [0.2, 0.25) is 0 Å². The maximum Gasteiger partial charge on any atom is 0.335 e. The van der Waals surface area contributed by atoms with Crippen LogP contribution in [0.3, 0.4) is 0 Å². The highest BCUT2D eigenvalue weighted by Crippen LogP contribution is 2.29. The lowest BCUT2D eigenvalue weighted by Gasteiger charge is -2.22. The number of carboxylic acid groups (broad SMARTS) is 1. The first-order valence-electron chi connectivity index (χ1n) is 16.9. The van der Waals surface area contributed by atoms with Gasteiger partial charge in [0.05, 0.1) is 5.56 Å². The van der Waals surface area contributed by atoms with E-state index in [0.717, 1.165) is 18.4 Å². The van der Waals surface area contributed by atoms with Gasteiger partial charge in [-0.1, -0.05) is 162 Å². The first-order valence-corrected chi connectivity index (χ1v) is 16.9. The van der Waals surface area contributed by atoms with Crippen LogP contribution < -0.4 is 0 Å². The van der Waals surface area contributed by atoms with Gasteiger partial charge in [0.1, 0.15) is 0 Å². The van der Waals surface area contributed by atoms with Crippen molar-refractivity contribution in [2.75, 3.05) is 0 Å². The molecular formula is C36H64O2. The van der Waals surface area contributed by atoms with Crippen LogP contribution in [0.5, 0.6) is 0 Å². The second-order valence-corrected chi connectivity index (χ2v) is 12.1. The summed E-state index contributed by atoms with van der Waals surface area (Å²) < 4.78 is 0. The molecule has 1 aromatic rings. The van der Waals surface area contributed by atoms with Gasteiger partial charge in [0.2, 0.25) is 0 Å². The number of aromatic carboxylic acids is 1. The molecule has 0 bridgehead atoms. The Kier molecular flexibility index (Phi) is 21.5. The molecule has 2 nitrogen and oxygen atoms in total. The smallest absolute Gasteiger partial charge is 0.335 e. The molecule has 1 N–H and O–H groups in total. The van der Waals surface area contributed by atoms with E-state index in [4.69, 9.17) is 0 Å². The Hall–Kier alpha value is -1.31. The molecule has 0 aromatic heterocycles. The summed E-state index contributed by atoms with van der Waals surface area (Å²) in [6.45, 7) is 8.92. The van der Waals surface area contributed by atoms with Gasteiger partial charge in [-0.15, -0.1) is 0 Å². The normalized spacial score (nSPS) is 12.2. The van der Waals surface area contributed by atoms with Crippen molar-refractivity contribution in [2.24, 2.45) is 5.92 Å². The molecule has 0 saturated carbocycles. The number of unbranched alkanes of at least 4 members (excludes halogenated alkanes) is 17. The van der Waals surface area contributed by atoms with Crippen LogP contribution in [0, 0.1) is 12.8 Å². The number of hydrogen-bond donors (Lipinski definition) is 1. The van der Waals surface area contributed by atoms with Gasteiger partial charge in [0.25, 0.3) is 0 Å². The van der Waals surface area contributed by atoms with Crippen LogP contribution in [0.1, 0.15) is 189 Å². The van der Waals surface area contributed by atoms with Crippen molar-refractivity contribution in [1.29, 1.82) is 0 Å². The molecule has 220 valence electrons. The molecule has 0 radical (unpaired) electrons. The molecule has 38 heavy (non-hydrogen) atoms. The summed E-state index contributed by atoms with van der Waals surface area (Å²) in [6, 6.07) is 4.02. The zero-order valence-electron chi connectivity index (χ0n) is 26.1. The number of rotatable bonds is 26. The van der Waals surface area contributed by atoms with Gasteiger partial charge in [0.15, 0.2) is 0 Å². The lowest BCUT2D eigenvalue weighted by Crippen LogP contribution is -2.12. The van der Waals surface area contributed by atoms with E-state index >= 15 is 0 Å². The first-order chi connectivity index (χ1) is 18.5. The Labute approximate surface area is 237 Å². The molecule has 1 atom stereocenters. The van der Waals surface area contributed by atoms with E-state index in [1.54, 1.807) is 0 Å². The van der Waals surface area contributed by atoms with Crippen LogP contribution in [0.15, 0.2) is 12.1 Å². The van der Waals surface area contributed by atoms with E-state index in [1.807, 2.05) is 6.07 Å². The van der Waals surface area contributed by atoms with Gasteiger partial charge in [-0.3, -0.25) is 0 Å². The van der Waals surface area contributed by atoms with E-state index in [2.05, 4.69) is 33.8 Å². The predicted molar refractivity (Wildman–Crippen MR) is 168 cm³/mol. The Balaban J connectivity index is 2.81. The second-order valence-electron chi connectivity index (χ2n) is 12.1. The van der Waals surface area contributed by atoms with Crippen molar-refractivity contribution in [1.82, 2.24) is 0 Å². The third-order valence-electron chi connectivity index (χ3n) is 8.65. The fourth-order valence-electron chi connectivity index (χ4n) is 6.08. The van der Waals surface area contributed by atoms with E-state index in [-0.39, 0.29) is 0 Å². The molecule has 2 heteroatoms. The van der Waals surface area contributed by atoms with Gasteiger partial charge >= 0.3 is 5.97 Å². The summed E-state index contributed by atoms with van der Waals surface area (Å²) >= 11 is 0. The van der Waals surface area contributed by atoms with Crippen molar-refractivity contribution < 1.29 is 9.90 Å². The molecule has 0 aliphatic rings. The third kappa shape index (κ3) is 15.9. The van der Waals surface area contributed by atoms with Crippen molar-refractivity contribution in [2.45, 2.75) is 182 Å². The molecule has 0 saturated heterocycles. The Morgan fingerprint density at radius 2 is 1.05 bits per heavy atom. The molecule has 0 fully saturated rings. The molecule has 0 aliphatic carbocycles. The molecule has 1 aromatic carbocycles. The van der Waals surface area contributed by atoms with Crippen molar-refractivity contribution in [3.05, 3.63) is 34.4 Å². The van der Waals surface area contributed by atoms with Crippen LogP contribution in [0.25, 0.3) is 0 Å². The largest absolute Gasteiger partial charge is 0.478 e. The molecule has 0 spiro atoms. The minimum absolute atomic E-state index is 0.511. The van der Waals surface area contributed by atoms with Crippen molar-refractivity contribution in [3.63, 3.8) is 0 Å². The standard InChI is InChI=1S/C36H64O2/c1-5-8-11-14-17-18-20-23-26-32(25-22-19-15-12-9-6-2)30-35-31(4)34(36(37)38)29-28-33(35)27-24-21-16-13-10-7-3/h28-29,32H,5-27,30H2,1-4H3,(H,37,38). The molecule has 1 unspecified atom stereocenters. The van der Waals surface area contributed by atoms with E-state index in [1.165, 1.54) is 152 Å². The summed E-state index contributed by atoms with van der Waals surface area (Å²) in [5.41, 5.74) is 4.34. The van der Waals surface area contributed by atoms with E-state index in [0.29, 0.717) is 11.5 Å². The Morgan fingerprint density at radius 3 is 1.50 bits per heavy atom. The molecular weight excluding hydrogens is 464 g/mol. The van der Waals surface area contributed by atoms with Gasteiger partial charge in [-0.05, 0) is 54.9 Å². The Bertz CT molecular complexity index is 708. The second kappa shape index (κ2) is 23.6. The zero-order valence-corrected chi connectivity index (χ0v) is 26.1. The average molecular weight is 529 g/mol. The van der Waals surface area contributed by atoms with Crippen molar-refractivity contribution >= 4 is 5.97 Å². The lowest BCUT2D eigenvalue weighted by molar-refractivity contribution is 0.0696. The fraction of sp³-hybridized carbons (Fsp3) is 0.806. The summed E-state index contributed by atoms with van der Waals surface area (Å²) in [5, 5.41) is 9.83. The highest BCUT2D eigenvalue weighted by atomic mass is 16.4. The fourth-order valence-corrected chi connectivity index (χ4v) is 6.08. The van der Waals surface area contributed by atoms with Crippen LogP contribution in [-0.2, 0) is 12.8 Å². The SMILES string of the molecule is CCCCCCCCCCC(CCCCCCCC)Cc1c(CCCCCCCC)ccc(C(=O)O)c1C. The number of benzene rings is 1. The predicted octanol–water partition coefficient (Wildman–Crippen LogP) is 12.0. The van der Waals surface area contributed by atoms with Crippen LogP contribution in [-0.4, -0.2) is 11.1 Å². The molecule has 0 amide bonds. The van der Waals surface area contributed by atoms with Gasteiger partial charge < -0.3 is 5.11 Å². The number of aryl methyl sites for hydroxylation is 1. The monoisotopic (exact) mass is 528 g/mol. The van der Waals surface area contributed by atoms with Gasteiger partial charge in [-0.25, -0.2) is 4.79 Å². The Morgan fingerprint density at radius 1 is 0.632 bits per heavy atom. The highest BCUT2D eigenvalue weighted by molar-refractivity contribution is 5.89. The first kappa shape index (κ1) is 34.7. The summed E-state index contributed by atoms with van der Waals surface area (Å²) in [4.78, 5) is 12.0. The average Bonchev–Trinajstić information content (AvgIpc) is 2.90. The van der Waals surface area contributed by atoms with E-state index < -0.39 is 5.97 Å². The van der Waals surface area contributed by atoms with Gasteiger partial charge in [0, 0.05) is 0 Å². The molecule has 0 aliphatic heterocycles. The topological polar surface area (TPSA) is 37.3 Å². The van der Waals surface area contributed by atoms with Gasteiger partial charge in [-0.2, -0.15) is 0 Å². The minimum atomic E-state index is -0.773. The number of hydrogen-bond acceptors (Lipinski definition) is 1. The highest BCUT2D eigenvalue weighted by Gasteiger charge is 2.18. The number of carbonyl (C=O) groups is 1. The minimum Gasteiger partial charge on any atom is -0.478 e. The van der Waals surface area contributed by atoms with Crippen LogP contribution in [0.4, 0.5) is 0 Å². The maximum absolute atomic E-state index is 12.0. The van der Waals surface area contributed by atoms with E-state index in [9.17, 15) is 9.90 Å². The number of carboxylic acids is 1. The maximum atomic E-state index is 12.0.